The number of hydrogen-bond acceptors (Lipinski definition) is 6. The summed E-state index contributed by atoms with van der Waals surface area (Å²) in [5.74, 6) is -5.34. The lowest BCUT2D eigenvalue weighted by Gasteiger charge is -2.38. The van der Waals surface area contributed by atoms with Gasteiger partial charge < -0.3 is 19.7 Å². The third-order valence-corrected chi connectivity index (χ3v) is 8.35. The molecular formula is C34H29F8N3O4. The van der Waals surface area contributed by atoms with E-state index >= 15 is 8.78 Å². The average Bonchev–Trinajstić information content (AvgIpc) is 3.04. The highest BCUT2D eigenvalue weighted by atomic mass is 19.4. The Balaban J connectivity index is 1.48. The molecule has 0 aliphatic carbocycles. The first-order valence-electron chi connectivity index (χ1n) is 14.9. The molecule has 1 amide bonds. The zero-order valence-electron chi connectivity index (χ0n) is 26.2. The fourth-order valence-electron chi connectivity index (χ4n) is 5.79. The number of halogens is 8. The second kappa shape index (κ2) is 13.6. The van der Waals surface area contributed by atoms with Crippen LogP contribution >= 0.6 is 0 Å². The van der Waals surface area contributed by atoms with E-state index in [4.69, 9.17) is 9.47 Å². The molecule has 0 spiro atoms. The van der Waals surface area contributed by atoms with Crippen LogP contribution in [0.25, 0.3) is 22.0 Å². The Morgan fingerprint density at radius 2 is 1.65 bits per heavy atom. The molecule has 2 heterocycles. The van der Waals surface area contributed by atoms with Gasteiger partial charge in [0.25, 0.3) is 5.91 Å². The van der Waals surface area contributed by atoms with Gasteiger partial charge in [0.1, 0.15) is 29.3 Å². The number of benzene rings is 3. The molecule has 1 N–H and O–H groups in total. The summed E-state index contributed by atoms with van der Waals surface area (Å²) in [6, 6.07) is 7.73. The largest absolute Gasteiger partial charge is 0.467 e. The number of ether oxygens (including phenoxy) is 2. The number of nitrogens with one attached hydrogen (secondary N) is 1. The number of hydrogen-bond donors (Lipinski definition) is 1. The van der Waals surface area contributed by atoms with Crippen molar-refractivity contribution >= 4 is 28.3 Å². The van der Waals surface area contributed by atoms with Gasteiger partial charge in [-0.1, -0.05) is 36.4 Å². The van der Waals surface area contributed by atoms with Crippen molar-refractivity contribution in [2.45, 2.75) is 44.7 Å². The number of pyridine rings is 1. The van der Waals surface area contributed by atoms with E-state index in [0.717, 1.165) is 18.1 Å². The number of carbonyl (C=O) groups excluding carboxylic acids is 2. The van der Waals surface area contributed by atoms with Gasteiger partial charge in [-0.15, -0.1) is 0 Å². The number of fused-ring (bicyclic) bond motifs is 1. The minimum Gasteiger partial charge on any atom is -0.467 e. The highest BCUT2D eigenvalue weighted by molar-refractivity contribution is 6.00. The standard InChI is InChI=1S/C34H29F8N3O4/c1-17-12-24(33(37,38)39)30(43-18(17)2)23-9-8-19(21-6-4-5-7-22(21)23)13-27(32(47)48-3)44-31(46)29-25(35)14-20(15-26(29)36)45-10-11-49-16-28(45)34(40,41)42/h4-9,12,14-15,27-28H,10-11,13,16H2,1-3H3,(H,44,46)/t27-,28+/m0/s1. The molecule has 49 heavy (non-hydrogen) atoms. The summed E-state index contributed by atoms with van der Waals surface area (Å²) in [7, 11) is 1.02. The summed E-state index contributed by atoms with van der Waals surface area (Å²) in [5, 5.41) is 2.99. The van der Waals surface area contributed by atoms with E-state index in [0.29, 0.717) is 39.7 Å². The van der Waals surface area contributed by atoms with Gasteiger partial charge in [0.05, 0.1) is 31.6 Å². The quantitative estimate of drug-likeness (QED) is 0.164. The third-order valence-electron chi connectivity index (χ3n) is 8.35. The first kappa shape index (κ1) is 35.5. The summed E-state index contributed by atoms with van der Waals surface area (Å²) in [5.41, 5.74) is -1.57. The molecule has 1 saturated heterocycles. The number of aryl methyl sites for hydroxylation is 2. The number of aromatic nitrogens is 1. The summed E-state index contributed by atoms with van der Waals surface area (Å²) >= 11 is 0. The summed E-state index contributed by atoms with van der Waals surface area (Å²) < 4.78 is 123. The zero-order valence-corrected chi connectivity index (χ0v) is 26.2. The lowest BCUT2D eigenvalue weighted by atomic mass is 9.92. The molecular weight excluding hydrogens is 666 g/mol. The number of methoxy groups -OCH3 is 1. The van der Waals surface area contributed by atoms with Crippen LogP contribution in [-0.2, 0) is 26.9 Å². The summed E-state index contributed by atoms with van der Waals surface area (Å²) in [6.07, 6.45) is -9.80. The van der Waals surface area contributed by atoms with Crippen molar-refractivity contribution in [3.63, 3.8) is 0 Å². The molecule has 15 heteroatoms. The highest BCUT2D eigenvalue weighted by Gasteiger charge is 2.46. The first-order valence-corrected chi connectivity index (χ1v) is 14.9. The number of esters is 1. The minimum atomic E-state index is -4.77. The van der Waals surface area contributed by atoms with E-state index in [1.54, 1.807) is 31.2 Å². The maximum absolute atomic E-state index is 15.2. The van der Waals surface area contributed by atoms with Crippen molar-refractivity contribution in [2.75, 3.05) is 31.8 Å². The van der Waals surface area contributed by atoms with Crippen LogP contribution in [0, 0.1) is 25.5 Å². The van der Waals surface area contributed by atoms with Gasteiger partial charge in [-0.05, 0) is 53.9 Å². The summed E-state index contributed by atoms with van der Waals surface area (Å²) in [6.45, 7) is 1.90. The van der Waals surface area contributed by atoms with Gasteiger partial charge in [0, 0.05) is 29.9 Å². The number of rotatable bonds is 7. The van der Waals surface area contributed by atoms with E-state index in [-0.39, 0.29) is 30.8 Å². The number of carbonyl (C=O) groups is 2. The molecule has 7 nitrogen and oxygen atoms in total. The Morgan fingerprint density at radius 3 is 2.27 bits per heavy atom. The van der Waals surface area contributed by atoms with Crippen molar-refractivity contribution in [1.82, 2.24) is 10.3 Å². The van der Waals surface area contributed by atoms with E-state index in [1.165, 1.54) is 19.1 Å². The Morgan fingerprint density at radius 1 is 1.00 bits per heavy atom. The molecule has 1 aliphatic heterocycles. The molecule has 4 aromatic rings. The number of anilines is 1. The van der Waals surface area contributed by atoms with Crippen LogP contribution in [-0.4, -0.2) is 62.0 Å². The van der Waals surface area contributed by atoms with Crippen molar-refractivity contribution in [2.24, 2.45) is 0 Å². The molecule has 0 bridgehead atoms. The van der Waals surface area contributed by atoms with Gasteiger partial charge >= 0.3 is 18.3 Å². The molecule has 1 aliphatic rings. The Hall–Kier alpha value is -4.79. The number of amides is 1. The van der Waals surface area contributed by atoms with Crippen molar-refractivity contribution < 1.29 is 54.2 Å². The lowest BCUT2D eigenvalue weighted by Crippen LogP contribution is -2.53. The fraction of sp³-hybridized carbons (Fsp3) is 0.324. The van der Waals surface area contributed by atoms with Crippen molar-refractivity contribution in [3.05, 3.63) is 94.2 Å². The molecule has 2 atom stereocenters. The van der Waals surface area contributed by atoms with E-state index in [1.807, 2.05) is 0 Å². The van der Waals surface area contributed by atoms with Crippen LogP contribution in [0.2, 0.25) is 0 Å². The van der Waals surface area contributed by atoms with Crippen LogP contribution in [0.3, 0.4) is 0 Å². The Labute approximate surface area is 274 Å². The summed E-state index contributed by atoms with van der Waals surface area (Å²) in [4.78, 5) is 31.0. The maximum atomic E-state index is 15.2. The van der Waals surface area contributed by atoms with Gasteiger partial charge in [0.2, 0.25) is 0 Å². The molecule has 0 radical (unpaired) electrons. The number of morpholine rings is 1. The van der Waals surface area contributed by atoms with E-state index < -0.39 is 71.4 Å². The predicted molar refractivity (Wildman–Crippen MR) is 163 cm³/mol. The van der Waals surface area contributed by atoms with Crippen LogP contribution in [0.1, 0.15) is 32.7 Å². The maximum Gasteiger partial charge on any atom is 0.418 e. The molecule has 260 valence electrons. The van der Waals surface area contributed by atoms with Gasteiger partial charge in [-0.25, -0.2) is 13.6 Å². The second-order valence-corrected chi connectivity index (χ2v) is 11.5. The van der Waals surface area contributed by atoms with Crippen LogP contribution in [0.15, 0.2) is 54.6 Å². The molecule has 5 rings (SSSR count). The van der Waals surface area contributed by atoms with Gasteiger partial charge in [-0.3, -0.25) is 9.78 Å². The SMILES string of the molecule is COC(=O)[C@H](Cc1ccc(-c2nc(C)c(C)cc2C(F)(F)F)c2ccccc12)NC(=O)c1c(F)cc(N2CCOC[C@@H]2C(F)(F)F)cc1F. The molecule has 1 aromatic heterocycles. The first-order chi connectivity index (χ1) is 23.0. The molecule has 3 aromatic carbocycles. The van der Waals surface area contributed by atoms with E-state index in [9.17, 15) is 35.9 Å². The predicted octanol–water partition coefficient (Wildman–Crippen LogP) is 7.10. The molecule has 1 fully saturated rings. The minimum absolute atomic E-state index is 0.126. The smallest absolute Gasteiger partial charge is 0.418 e. The average molecular weight is 696 g/mol. The van der Waals surface area contributed by atoms with E-state index in [2.05, 4.69) is 10.3 Å². The molecule has 0 unspecified atom stereocenters. The number of nitrogens with zero attached hydrogens (tertiary/aromatic N) is 2. The normalized spacial score (nSPS) is 16.1. The second-order valence-electron chi connectivity index (χ2n) is 11.5. The Kier molecular flexibility index (Phi) is 9.86. The van der Waals surface area contributed by atoms with Gasteiger partial charge in [-0.2, -0.15) is 26.3 Å². The van der Waals surface area contributed by atoms with Crippen LogP contribution in [0.5, 0.6) is 0 Å². The van der Waals surface area contributed by atoms with Crippen molar-refractivity contribution in [1.29, 1.82) is 0 Å². The topological polar surface area (TPSA) is 80.8 Å². The van der Waals surface area contributed by atoms with Crippen LogP contribution < -0.4 is 10.2 Å². The monoisotopic (exact) mass is 695 g/mol. The zero-order chi connectivity index (χ0) is 35.8. The highest BCUT2D eigenvalue weighted by Crippen LogP contribution is 2.40. The number of alkyl halides is 6. The van der Waals surface area contributed by atoms with Crippen molar-refractivity contribution in [3.8, 4) is 11.3 Å². The third kappa shape index (κ3) is 7.31. The lowest BCUT2D eigenvalue weighted by molar-refractivity contribution is -0.167. The Bertz CT molecular complexity index is 1890. The molecule has 0 saturated carbocycles. The van der Waals surface area contributed by atoms with Gasteiger partial charge in [0.15, 0.2) is 0 Å². The fourth-order valence-corrected chi connectivity index (χ4v) is 5.79. The van der Waals surface area contributed by atoms with Crippen LogP contribution in [0.4, 0.5) is 40.8 Å².